The van der Waals surface area contributed by atoms with Gasteiger partial charge < -0.3 is 14.4 Å². The Balaban J connectivity index is 2.30. The van der Waals surface area contributed by atoms with E-state index in [1.165, 1.54) is 0 Å². The van der Waals surface area contributed by atoms with Gasteiger partial charge in [0, 0.05) is 26.0 Å². The molecule has 0 spiro atoms. The maximum absolute atomic E-state index is 13.2. The molecule has 2 aromatic rings. The highest BCUT2D eigenvalue weighted by molar-refractivity contribution is 9.10. The molecule has 0 amide bonds. The van der Waals surface area contributed by atoms with E-state index >= 15 is 0 Å². The summed E-state index contributed by atoms with van der Waals surface area (Å²) in [6.45, 7) is 7.77. The highest BCUT2D eigenvalue weighted by Crippen LogP contribution is 2.44. The highest BCUT2D eigenvalue weighted by Gasteiger charge is 2.41. The number of anilines is 1. The second-order valence-corrected chi connectivity index (χ2v) is 9.07. The van der Waals surface area contributed by atoms with Crippen molar-refractivity contribution in [3.8, 4) is 0 Å². The molecule has 0 saturated heterocycles. The van der Waals surface area contributed by atoms with Gasteiger partial charge in [0.2, 0.25) is 0 Å². The molecule has 2 aromatic carbocycles. The van der Waals surface area contributed by atoms with Gasteiger partial charge >= 0.3 is 11.9 Å². The van der Waals surface area contributed by atoms with E-state index in [1.54, 1.807) is 13.8 Å². The van der Waals surface area contributed by atoms with E-state index in [1.807, 2.05) is 67.3 Å². The topological polar surface area (TPSA) is 55.8 Å². The minimum Gasteiger partial charge on any atom is -0.463 e. The Morgan fingerprint density at radius 2 is 1.19 bits per heavy atom. The zero-order valence-electron chi connectivity index (χ0n) is 18.4. The van der Waals surface area contributed by atoms with Gasteiger partial charge in [-0.05, 0) is 69.7 Å². The van der Waals surface area contributed by atoms with Gasteiger partial charge in [0.1, 0.15) is 0 Å². The Hall–Kier alpha value is -2.38. The van der Waals surface area contributed by atoms with E-state index in [0.717, 1.165) is 20.2 Å². The Morgan fingerprint density at radius 3 is 1.59 bits per heavy atom. The third-order valence-electron chi connectivity index (χ3n) is 5.31. The van der Waals surface area contributed by atoms with Crippen LogP contribution in [0.15, 0.2) is 80.0 Å². The number of rotatable bonds is 6. The number of ether oxygens (including phenoxy) is 2. The van der Waals surface area contributed by atoms with E-state index in [4.69, 9.17) is 9.47 Å². The van der Waals surface area contributed by atoms with Crippen LogP contribution in [-0.2, 0) is 19.1 Å². The number of allylic oxidation sites excluding steroid dienone is 2. The van der Waals surface area contributed by atoms with Crippen molar-refractivity contribution < 1.29 is 19.1 Å². The molecule has 3 rings (SSSR count). The Kier molecular flexibility index (Phi) is 7.96. The van der Waals surface area contributed by atoms with E-state index in [0.29, 0.717) is 22.5 Å². The summed E-state index contributed by atoms with van der Waals surface area (Å²) in [5.74, 6) is -1.50. The van der Waals surface area contributed by atoms with Gasteiger partial charge in [0.15, 0.2) is 0 Å². The van der Waals surface area contributed by atoms with Crippen LogP contribution < -0.4 is 4.90 Å². The molecule has 0 aromatic heterocycles. The zero-order chi connectivity index (χ0) is 23.4. The number of nitrogens with zero attached hydrogens (tertiary/aromatic N) is 1. The first-order valence-electron chi connectivity index (χ1n) is 10.4. The highest BCUT2D eigenvalue weighted by atomic mass is 79.9. The summed E-state index contributed by atoms with van der Waals surface area (Å²) in [6.07, 6.45) is 0. The number of esters is 2. The smallest absolute Gasteiger partial charge is 0.336 e. The Labute approximate surface area is 205 Å². The fourth-order valence-corrected chi connectivity index (χ4v) is 4.50. The lowest BCUT2D eigenvalue weighted by Crippen LogP contribution is -2.35. The molecule has 1 aliphatic heterocycles. The first-order chi connectivity index (χ1) is 15.3. The molecule has 32 heavy (non-hydrogen) atoms. The fourth-order valence-electron chi connectivity index (χ4n) is 3.97. The van der Waals surface area contributed by atoms with Crippen molar-refractivity contribution >= 4 is 49.5 Å². The number of carbonyl (C=O) groups excluding carboxylic acids is 2. The molecule has 0 unspecified atom stereocenters. The number of hydrogen-bond donors (Lipinski definition) is 0. The zero-order valence-corrected chi connectivity index (χ0v) is 21.6. The lowest BCUT2D eigenvalue weighted by atomic mass is 9.79. The van der Waals surface area contributed by atoms with Crippen LogP contribution in [0.2, 0.25) is 0 Å². The molecular weight excluding hydrogens is 538 g/mol. The first kappa shape index (κ1) is 24.3. The average Bonchev–Trinajstić information content (AvgIpc) is 2.75. The van der Waals surface area contributed by atoms with Crippen molar-refractivity contribution in [3.05, 3.63) is 85.6 Å². The lowest BCUT2D eigenvalue weighted by molar-refractivity contribution is -0.139. The third-order valence-corrected chi connectivity index (χ3v) is 6.36. The van der Waals surface area contributed by atoms with Crippen LogP contribution in [-0.4, -0.2) is 25.2 Å². The van der Waals surface area contributed by atoms with Crippen molar-refractivity contribution in [2.24, 2.45) is 0 Å². The van der Waals surface area contributed by atoms with Crippen LogP contribution in [0.5, 0.6) is 0 Å². The summed E-state index contributed by atoms with van der Waals surface area (Å²) in [5, 5.41) is 0. The molecule has 0 aliphatic carbocycles. The van der Waals surface area contributed by atoms with Crippen LogP contribution in [0.4, 0.5) is 5.69 Å². The molecule has 1 heterocycles. The second kappa shape index (κ2) is 10.5. The monoisotopic (exact) mass is 561 g/mol. The molecule has 0 bridgehead atoms. The molecule has 0 radical (unpaired) electrons. The molecule has 0 N–H and O–H groups in total. The van der Waals surface area contributed by atoms with Crippen molar-refractivity contribution in [1.29, 1.82) is 0 Å². The SMILES string of the molecule is CCOC(=O)C1=C(C)N(c2ccc(Br)cc2)C(C)=C(C(=O)OCC)C1c1ccc(Br)cc1. The van der Waals surface area contributed by atoms with Crippen LogP contribution in [0.1, 0.15) is 39.2 Å². The minimum absolute atomic E-state index is 0.235. The third kappa shape index (κ3) is 4.84. The van der Waals surface area contributed by atoms with Crippen molar-refractivity contribution in [1.82, 2.24) is 0 Å². The molecule has 0 fully saturated rings. The van der Waals surface area contributed by atoms with Gasteiger partial charge in [-0.25, -0.2) is 9.59 Å². The summed E-state index contributed by atoms with van der Waals surface area (Å²) >= 11 is 6.92. The maximum Gasteiger partial charge on any atom is 0.336 e. The summed E-state index contributed by atoms with van der Waals surface area (Å²) in [7, 11) is 0. The number of halogens is 2. The normalized spacial score (nSPS) is 14.6. The van der Waals surface area contributed by atoms with Crippen LogP contribution in [0.3, 0.4) is 0 Å². The van der Waals surface area contributed by atoms with Crippen molar-refractivity contribution in [3.63, 3.8) is 0 Å². The molecule has 7 heteroatoms. The maximum atomic E-state index is 13.2. The fraction of sp³-hybridized carbons (Fsp3) is 0.280. The lowest BCUT2D eigenvalue weighted by Gasteiger charge is -2.38. The molecular formula is C25H25Br2NO4. The summed E-state index contributed by atoms with van der Waals surface area (Å²) in [4.78, 5) is 28.4. The van der Waals surface area contributed by atoms with Gasteiger partial charge in [-0.15, -0.1) is 0 Å². The standard InChI is InChI=1S/C25H25Br2NO4/c1-5-31-24(29)21-15(3)28(20-13-11-19(27)12-14-20)16(4)22(25(30)32-6-2)23(21)17-7-9-18(26)10-8-17/h7-14,23H,5-6H2,1-4H3. The number of carbonyl (C=O) groups is 2. The molecule has 168 valence electrons. The van der Waals surface area contributed by atoms with E-state index in [2.05, 4.69) is 31.9 Å². The van der Waals surface area contributed by atoms with Crippen LogP contribution in [0.25, 0.3) is 0 Å². The van der Waals surface area contributed by atoms with Crippen LogP contribution >= 0.6 is 31.9 Å². The van der Waals surface area contributed by atoms with E-state index in [-0.39, 0.29) is 13.2 Å². The van der Waals surface area contributed by atoms with E-state index in [9.17, 15) is 9.59 Å². The predicted molar refractivity (Wildman–Crippen MR) is 132 cm³/mol. The Bertz CT molecular complexity index is 1030. The van der Waals surface area contributed by atoms with Gasteiger partial charge in [-0.3, -0.25) is 0 Å². The molecule has 0 saturated carbocycles. The largest absolute Gasteiger partial charge is 0.463 e. The molecule has 1 aliphatic rings. The van der Waals surface area contributed by atoms with Gasteiger partial charge in [-0.2, -0.15) is 0 Å². The van der Waals surface area contributed by atoms with Crippen molar-refractivity contribution in [2.75, 3.05) is 18.1 Å². The predicted octanol–water partition coefficient (Wildman–Crippen LogP) is 6.49. The van der Waals surface area contributed by atoms with Gasteiger partial charge in [-0.1, -0.05) is 44.0 Å². The molecule has 0 atom stereocenters. The first-order valence-corrected chi connectivity index (χ1v) is 12.0. The van der Waals surface area contributed by atoms with E-state index < -0.39 is 17.9 Å². The number of hydrogen-bond acceptors (Lipinski definition) is 5. The van der Waals surface area contributed by atoms with Crippen LogP contribution in [0, 0.1) is 0 Å². The summed E-state index contributed by atoms with van der Waals surface area (Å²) in [5.41, 5.74) is 3.92. The molecule has 5 nitrogen and oxygen atoms in total. The second-order valence-electron chi connectivity index (χ2n) is 7.24. The van der Waals surface area contributed by atoms with Crippen molar-refractivity contribution in [2.45, 2.75) is 33.6 Å². The quantitative estimate of drug-likeness (QED) is 0.377. The summed E-state index contributed by atoms with van der Waals surface area (Å²) in [6, 6.07) is 15.3. The minimum atomic E-state index is -0.604. The van der Waals surface area contributed by atoms with Gasteiger partial charge in [0.05, 0.1) is 30.3 Å². The average molecular weight is 563 g/mol. The summed E-state index contributed by atoms with van der Waals surface area (Å²) < 4.78 is 12.7. The van der Waals surface area contributed by atoms with Gasteiger partial charge in [0.25, 0.3) is 0 Å². The Morgan fingerprint density at radius 1 is 0.781 bits per heavy atom. The number of benzene rings is 2.